The van der Waals surface area contributed by atoms with Crippen molar-refractivity contribution >= 4 is 33.4 Å². The van der Waals surface area contributed by atoms with Crippen LogP contribution >= 0.6 is 27.5 Å². The summed E-state index contributed by atoms with van der Waals surface area (Å²) in [6.07, 6.45) is 31.0. The second-order valence-electron chi connectivity index (χ2n) is 15.9. The van der Waals surface area contributed by atoms with Gasteiger partial charge in [-0.15, -0.1) is 25.7 Å². The molecule has 64 heavy (non-hydrogen) atoms. The topological polar surface area (TPSA) is 54.1 Å². The molecule has 9 heteroatoms. The summed E-state index contributed by atoms with van der Waals surface area (Å²) in [5.41, 5.74) is 8.57. The number of terminal acetylenes is 2. The Morgan fingerprint density at radius 3 is 2.11 bits per heavy atom. The van der Waals surface area contributed by atoms with Gasteiger partial charge in [-0.25, -0.2) is 0 Å². The van der Waals surface area contributed by atoms with Gasteiger partial charge in [-0.1, -0.05) is 143 Å². The van der Waals surface area contributed by atoms with Crippen LogP contribution in [0.15, 0.2) is 113 Å². The number of carbonyl (C=O) groups excluding carboxylic acids is 1. The molecule has 7 rings (SSSR count). The van der Waals surface area contributed by atoms with E-state index in [9.17, 15) is 4.79 Å². The SMILES string of the molecule is C.C#C.C#C.CC.CC(C)CCC(=O)N1CCNCC1.CCCc1ccccc1.CN(CCCN1C=CNC1)Cc1ccccc1.CN1CC(Br)=CC2=C1Cc1ccc(Cl)cc1CC2. The smallest absolute Gasteiger partial charge is 0.222 e. The van der Waals surface area contributed by atoms with Gasteiger partial charge in [0.1, 0.15) is 0 Å². The summed E-state index contributed by atoms with van der Waals surface area (Å²) in [7, 11) is 4.36. The lowest BCUT2D eigenvalue weighted by atomic mass is 10.0. The van der Waals surface area contributed by atoms with E-state index in [0.29, 0.717) is 11.8 Å². The first-order valence-electron chi connectivity index (χ1n) is 22.7. The zero-order valence-corrected chi connectivity index (χ0v) is 41.9. The monoisotopic (exact) mass is 957 g/mol. The maximum absolute atomic E-state index is 11.6. The van der Waals surface area contributed by atoms with Crippen LogP contribution in [0.25, 0.3) is 0 Å². The average Bonchev–Trinajstić information content (AvgIpc) is 3.77. The maximum atomic E-state index is 11.6. The zero-order valence-electron chi connectivity index (χ0n) is 39.6. The second kappa shape index (κ2) is 36.9. The number of halogens is 2. The van der Waals surface area contributed by atoms with Crippen molar-refractivity contribution in [3.05, 3.63) is 140 Å². The van der Waals surface area contributed by atoms with Crippen LogP contribution in [0.4, 0.5) is 0 Å². The van der Waals surface area contributed by atoms with Crippen molar-refractivity contribution in [1.29, 1.82) is 0 Å². The van der Waals surface area contributed by atoms with Gasteiger partial charge in [0.2, 0.25) is 5.91 Å². The molecule has 4 aliphatic rings. The number of likely N-dealkylation sites (N-methyl/N-ethyl adjacent to an activating group) is 1. The fraction of sp³-hybridized carbons (Fsp3) is 0.473. The number of amides is 1. The Bertz CT molecular complexity index is 1790. The molecule has 0 unspecified atom stereocenters. The molecule has 1 amide bonds. The first-order chi connectivity index (χ1) is 30.6. The molecule has 0 aromatic heterocycles. The van der Waals surface area contributed by atoms with Gasteiger partial charge >= 0.3 is 0 Å². The third-order valence-electron chi connectivity index (χ3n) is 10.5. The Hall–Kier alpha value is -4.44. The molecule has 3 aliphatic heterocycles. The Morgan fingerprint density at radius 1 is 0.906 bits per heavy atom. The lowest BCUT2D eigenvalue weighted by Gasteiger charge is -2.28. The Labute approximate surface area is 404 Å². The summed E-state index contributed by atoms with van der Waals surface area (Å²) in [5.74, 6) is 0.960. The number of piperazine rings is 1. The van der Waals surface area contributed by atoms with E-state index in [4.69, 9.17) is 11.6 Å². The largest absolute Gasteiger partial charge is 0.373 e. The van der Waals surface area contributed by atoms with Crippen molar-refractivity contribution in [3.63, 3.8) is 0 Å². The van der Waals surface area contributed by atoms with Crippen LogP contribution in [0.3, 0.4) is 0 Å². The molecule has 2 N–H and O–H groups in total. The number of benzene rings is 3. The number of nitrogens with zero attached hydrogens (tertiary/aromatic N) is 4. The van der Waals surface area contributed by atoms with Crippen LogP contribution < -0.4 is 10.6 Å². The van der Waals surface area contributed by atoms with E-state index in [1.54, 1.807) is 0 Å². The van der Waals surface area contributed by atoms with Crippen LogP contribution in [-0.4, -0.2) is 92.1 Å². The van der Waals surface area contributed by atoms with Gasteiger partial charge in [-0.2, -0.15) is 0 Å². The molecule has 0 bridgehead atoms. The van der Waals surface area contributed by atoms with Gasteiger partial charge in [0.05, 0.1) is 6.67 Å². The van der Waals surface area contributed by atoms with E-state index in [1.165, 1.54) is 57.3 Å². The summed E-state index contributed by atoms with van der Waals surface area (Å²) >= 11 is 9.72. The number of allylic oxidation sites excluding steroid dienone is 3. The number of nitrogens with one attached hydrogen (secondary N) is 2. The third-order valence-corrected chi connectivity index (χ3v) is 11.2. The number of hydrogen-bond acceptors (Lipinski definition) is 6. The lowest BCUT2D eigenvalue weighted by Crippen LogP contribution is -2.46. The van der Waals surface area contributed by atoms with Gasteiger partial charge < -0.3 is 30.2 Å². The molecule has 0 spiro atoms. The van der Waals surface area contributed by atoms with E-state index in [0.717, 1.165) is 96.2 Å². The minimum absolute atomic E-state index is 0. The molecule has 352 valence electrons. The van der Waals surface area contributed by atoms with Crippen molar-refractivity contribution in [2.24, 2.45) is 5.92 Å². The first-order valence-corrected chi connectivity index (χ1v) is 23.9. The molecule has 3 aromatic carbocycles. The van der Waals surface area contributed by atoms with E-state index in [-0.39, 0.29) is 7.43 Å². The fourth-order valence-corrected chi connectivity index (χ4v) is 8.12. The van der Waals surface area contributed by atoms with Gasteiger partial charge in [0.15, 0.2) is 0 Å². The highest BCUT2D eigenvalue weighted by Crippen LogP contribution is 2.33. The van der Waals surface area contributed by atoms with Crippen molar-refractivity contribution in [1.82, 2.24) is 30.2 Å². The van der Waals surface area contributed by atoms with Crippen LogP contribution in [0, 0.1) is 31.6 Å². The predicted octanol–water partition coefficient (Wildman–Crippen LogP) is 11.8. The minimum atomic E-state index is 0. The molecular weight excluding hydrogens is 876 g/mol. The number of fused-ring (bicyclic) bond motifs is 1. The predicted molar refractivity (Wildman–Crippen MR) is 283 cm³/mol. The summed E-state index contributed by atoms with van der Waals surface area (Å²) in [5, 5.41) is 7.27. The molecule has 1 fully saturated rings. The highest BCUT2D eigenvalue weighted by atomic mass is 79.9. The van der Waals surface area contributed by atoms with Crippen LogP contribution in [-0.2, 0) is 30.6 Å². The zero-order chi connectivity index (χ0) is 46.8. The number of rotatable bonds is 11. The standard InChI is InChI=1S/C15H15BrClN.C14H21N3.C10H20N2O.C9H12.C2H6.2C2H2.CH4/c1-18-9-13(16)6-12-3-2-10-7-14(17)5-4-11(10)8-15(12)18;1-16(12-14-6-3-2-4-7-14)9-5-10-17-11-8-15-13-17;1-9(2)3-4-10(13)12-7-5-11-6-8-12;1-2-6-9-7-4-3-5-8-9;3*1-2;/h4-7H,2-3,8-9H2,1H3;2-4,6-8,11,15H,5,9-10,12-13H2,1H3;9,11H,3-8H2,1-2H3;3-5,7-8H,2,6H2,1H3;1-2H3;2*1-2H;1H4. The average molecular weight is 959 g/mol. The second-order valence-corrected chi connectivity index (χ2v) is 17.3. The summed E-state index contributed by atoms with van der Waals surface area (Å²) < 4.78 is 1.27. The summed E-state index contributed by atoms with van der Waals surface area (Å²) in [6, 6.07) is 27.5. The van der Waals surface area contributed by atoms with Crippen LogP contribution in [0.2, 0.25) is 5.02 Å². The van der Waals surface area contributed by atoms with Gasteiger partial charge in [0, 0.05) is 93.3 Å². The van der Waals surface area contributed by atoms with E-state index in [2.05, 4.69) is 187 Å². The normalized spacial score (nSPS) is 14.3. The first kappa shape index (κ1) is 59.6. The Kier molecular flexibility index (Phi) is 34.3. The highest BCUT2D eigenvalue weighted by Gasteiger charge is 2.21. The summed E-state index contributed by atoms with van der Waals surface area (Å²) in [4.78, 5) is 20.6. The molecule has 1 saturated heterocycles. The quantitative estimate of drug-likeness (QED) is 0.187. The lowest BCUT2D eigenvalue weighted by molar-refractivity contribution is -0.132. The maximum Gasteiger partial charge on any atom is 0.222 e. The van der Waals surface area contributed by atoms with Crippen molar-refractivity contribution in [3.8, 4) is 25.7 Å². The molecule has 3 heterocycles. The van der Waals surface area contributed by atoms with E-state index >= 15 is 0 Å². The van der Waals surface area contributed by atoms with Gasteiger partial charge in [-0.3, -0.25) is 4.79 Å². The summed E-state index contributed by atoms with van der Waals surface area (Å²) in [6.45, 7) is 19.4. The van der Waals surface area contributed by atoms with E-state index in [1.807, 2.05) is 31.0 Å². The molecule has 0 atom stereocenters. The minimum Gasteiger partial charge on any atom is -0.373 e. The third kappa shape index (κ3) is 24.6. The molecule has 0 radical (unpaired) electrons. The molecule has 3 aromatic rings. The van der Waals surface area contributed by atoms with Crippen molar-refractivity contribution in [2.75, 3.05) is 66.6 Å². The van der Waals surface area contributed by atoms with Gasteiger partial charge in [-0.05, 0) is 97.7 Å². The number of carbonyl (C=O) groups is 1. The van der Waals surface area contributed by atoms with E-state index < -0.39 is 0 Å². The molecule has 1 aliphatic carbocycles. The van der Waals surface area contributed by atoms with Crippen molar-refractivity contribution in [2.45, 2.75) is 100.0 Å². The highest BCUT2D eigenvalue weighted by molar-refractivity contribution is 9.11. The van der Waals surface area contributed by atoms with Gasteiger partial charge in [0.25, 0.3) is 0 Å². The Balaban J connectivity index is 0.000000809. The number of hydrogen-bond donors (Lipinski definition) is 2. The fourth-order valence-electron chi connectivity index (χ4n) is 7.27. The molecular formula is C55H82BrClN6O. The molecule has 0 saturated carbocycles. The molecule has 7 nitrogen and oxygen atoms in total. The Morgan fingerprint density at radius 2 is 1.53 bits per heavy atom. The number of aryl methyl sites for hydroxylation is 2. The van der Waals surface area contributed by atoms with Crippen molar-refractivity contribution < 1.29 is 4.79 Å². The van der Waals surface area contributed by atoms with Crippen LogP contribution in [0.5, 0.6) is 0 Å². The van der Waals surface area contributed by atoms with Crippen LogP contribution in [0.1, 0.15) is 96.4 Å².